The highest BCUT2D eigenvalue weighted by atomic mass is 16.4. The highest BCUT2D eigenvalue weighted by Gasteiger charge is 2.25. The molecule has 0 bridgehead atoms. The fraction of sp³-hybridized carbons (Fsp3) is 0.818. The zero-order valence-electron chi connectivity index (χ0n) is 9.90. The van der Waals surface area contributed by atoms with Gasteiger partial charge in [-0.25, -0.2) is 4.79 Å². The number of carbonyl (C=O) groups is 2. The van der Waals surface area contributed by atoms with Crippen molar-refractivity contribution in [3.05, 3.63) is 0 Å². The van der Waals surface area contributed by atoms with E-state index in [9.17, 15) is 9.59 Å². The van der Waals surface area contributed by atoms with Crippen LogP contribution in [0.5, 0.6) is 0 Å². The lowest BCUT2D eigenvalue weighted by Gasteiger charge is -2.33. The summed E-state index contributed by atoms with van der Waals surface area (Å²) in [6.07, 6.45) is 3.60. The van der Waals surface area contributed by atoms with Gasteiger partial charge in [0.05, 0.1) is 6.42 Å². The molecule has 1 aliphatic rings. The third-order valence-electron chi connectivity index (χ3n) is 3.22. The van der Waals surface area contributed by atoms with Crippen LogP contribution >= 0.6 is 0 Å². The van der Waals surface area contributed by atoms with Gasteiger partial charge in [-0.2, -0.15) is 0 Å². The molecule has 0 aromatic rings. The molecule has 0 aliphatic heterocycles. The number of nitrogens with zero attached hydrogens (tertiary/aromatic N) is 1. The Hall–Kier alpha value is -1.26. The number of carbonyl (C=O) groups excluding carboxylic acids is 1. The summed E-state index contributed by atoms with van der Waals surface area (Å²) >= 11 is 0. The topological polar surface area (TPSA) is 69.6 Å². The number of amides is 2. The Balaban J connectivity index is 2.24. The lowest BCUT2D eigenvalue weighted by atomic mass is 9.80. The normalized spacial score (nSPS) is 17.4. The molecule has 0 heterocycles. The standard InChI is InChI=1S/C11H20N2O3/c1-8(9-4-3-5-9)12-11(16)13(2)7-6-10(14)15/h8-9H,3-7H2,1-2H3,(H,12,16)(H,14,15). The highest BCUT2D eigenvalue weighted by Crippen LogP contribution is 2.29. The van der Waals surface area contributed by atoms with E-state index in [0.717, 1.165) is 0 Å². The molecule has 16 heavy (non-hydrogen) atoms. The fourth-order valence-electron chi connectivity index (χ4n) is 1.73. The van der Waals surface area contributed by atoms with Crippen LogP contribution in [-0.2, 0) is 4.79 Å². The van der Waals surface area contributed by atoms with Crippen LogP contribution < -0.4 is 5.32 Å². The van der Waals surface area contributed by atoms with Crippen molar-refractivity contribution >= 4 is 12.0 Å². The average molecular weight is 228 g/mol. The number of nitrogens with one attached hydrogen (secondary N) is 1. The van der Waals surface area contributed by atoms with E-state index in [0.29, 0.717) is 5.92 Å². The van der Waals surface area contributed by atoms with Crippen LogP contribution in [0.3, 0.4) is 0 Å². The molecule has 1 rings (SSSR count). The van der Waals surface area contributed by atoms with Gasteiger partial charge in [0.2, 0.25) is 0 Å². The molecular formula is C11H20N2O3. The number of aliphatic carboxylic acids is 1. The number of hydrogen-bond acceptors (Lipinski definition) is 2. The molecule has 1 aliphatic carbocycles. The molecule has 0 spiro atoms. The van der Waals surface area contributed by atoms with Gasteiger partial charge in [0.15, 0.2) is 0 Å². The Kier molecular flexibility index (Phi) is 4.58. The SMILES string of the molecule is CC(NC(=O)N(C)CCC(=O)O)C1CCC1. The first-order chi connectivity index (χ1) is 7.50. The first-order valence-electron chi connectivity index (χ1n) is 5.74. The molecule has 1 atom stereocenters. The summed E-state index contributed by atoms with van der Waals surface area (Å²) in [5, 5.41) is 11.4. The largest absolute Gasteiger partial charge is 0.481 e. The lowest BCUT2D eigenvalue weighted by molar-refractivity contribution is -0.137. The molecule has 2 amide bonds. The van der Waals surface area contributed by atoms with E-state index in [1.165, 1.54) is 24.2 Å². The summed E-state index contributed by atoms with van der Waals surface area (Å²) in [7, 11) is 1.62. The van der Waals surface area contributed by atoms with Crippen LogP contribution in [0.25, 0.3) is 0 Å². The van der Waals surface area contributed by atoms with Crippen molar-refractivity contribution in [2.75, 3.05) is 13.6 Å². The minimum absolute atomic E-state index is 0.0122. The van der Waals surface area contributed by atoms with E-state index >= 15 is 0 Å². The predicted octanol–water partition coefficient (Wildman–Crippen LogP) is 1.29. The quantitative estimate of drug-likeness (QED) is 0.745. The number of carboxylic acids is 1. The van der Waals surface area contributed by atoms with Gasteiger partial charge in [-0.3, -0.25) is 4.79 Å². The van der Waals surface area contributed by atoms with Gasteiger partial charge in [-0.05, 0) is 25.7 Å². The van der Waals surface area contributed by atoms with E-state index in [1.807, 2.05) is 6.92 Å². The molecule has 5 heteroatoms. The van der Waals surface area contributed by atoms with Crippen molar-refractivity contribution in [2.24, 2.45) is 5.92 Å². The summed E-state index contributed by atoms with van der Waals surface area (Å²) in [5.41, 5.74) is 0. The fourth-order valence-corrected chi connectivity index (χ4v) is 1.73. The summed E-state index contributed by atoms with van der Waals surface area (Å²) in [4.78, 5) is 23.4. The van der Waals surface area contributed by atoms with Crippen molar-refractivity contribution in [2.45, 2.75) is 38.6 Å². The van der Waals surface area contributed by atoms with Gasteiger partial charge < -0.3 is 15.3 Å². The Bertz CT molecular complexity index is 264. The number of hydrogen-bond donors (Lipinski definition) is 2. The van der Waals surface area contributed by atoms with E-state index in [2.05, 4.69) is 5.32 Å². The van der Waals surface area contributed by atoms with Crippen LogP contribution in [0.15, 0.2) is 0 Å². The van der Waals surface area contributed by atoms with Gasteiger partial charge in [0.25, 0.3) is 0 Å². The van der Waals surface area contributed by atoms with Crippen molar-refractivity contribution < 1.29 is 14.7 Å². The van der Waals surface area contributed by atoms with Gasteiger partial charge in [0, 0.05) is 19.6 Å². The van der Waals surface area contributed by atoms with E-state index in [1.54, 1.807) is 7.05 Å². The third kappa shape index (κ3) is 3.72. The van der Waals surface area contributed by atoms with Crippen molar-refractivity contribution in [3.8, 4) is 0 Å². The number of urea groups is 1. The smallest absolute Gasteiger partial charge is 0.317 e. The second kappa shape index (κ2) is 5.72. The summed E-state index contributed by atoms with van der Waals surface area (Å²) in [6, 6.07) is 0.00850. The molecule has 1 fully saturated rings. The number of rotatable bonds is 5. The van der Waals surface area contributed by atoms with Crippen LogP contribution in [0.2, 0.25) is 0 Å². The number of carboxylic acid groups (broad SMARTS) is 1. The zero-order chi connectivity index (χ0) is 12.1. The first kappa shape index (κ1) is 12.8. The molecule has 0 aromatic heterocycles. The van der Waals surface area contributed by atoms with Crippen LogP contribution in [-0.4, -0.2) is 41.6 Å². The van der Waals surface area contributed by atoms with E-state index in [4.69, 9.17) is 5.11 Å². The predicted molar refractivity (Wildman–Crippen MR) is 60.2 cm³/mol. The molecule has 92 valence electrons. The third-order valence-corrected chi connectivity index (χ3v) is 3.22. The zero-order valence-corrected chi connectivity index (χ0v) is 9.90. The van der Waals surface area contributed by atoms with E-state index in [-0.39, 0.29) is 25.0 Å². The van der Waals surface area contributed by atoms with E-state index < -0.39 is 5.97 Å². The van der Waals surface area contributed by atoms with Crippen LogP contribution in [0, 0.1) is 5.92 Å². The van der Waals surface area contributed by atoms with Gasteiger partial charge >= 0.3 is 12.0 Å². The monoisotopic (exact) mass is 228 g/mol. The maximum absolute atomic E-state index is 11.6. The Labute approximate surface area is 95.8 Å². The van der Waals surface area contributed by atoms with Gasteiger partial charge in [0.1, 0.15) is 0 Å². The van der Waals surface area contributed by atoms with Crippen molar-refractivity contribution in [3.63, 3.8) is 0 Å². The van der Waals surface area contributed by atoms with Crippen LogP contribution in [0.1, 0.15) is 32.6 Å². The lowest BCUT2D eigenvalue weighted by Crippen LogP contribution is -2.46. The molecule has 5 nitrogen and oxygen atoms in total. The van der Waals surface area contributed by atoms with Crippen molar-refractivity contribution in [1.29, 1.82) is 0 Å². The van der Waals surface area contributed by atoms with Crippen LogP contribution in [0.4, 0.5) is 4.79 Å². The Morgan fingerprint density at radius 2 is 2.12 bits per heavy atom. The minimum atomic E-state index is -0.883. The molecular weight excluding hydrogens is 208 g/mol. The van der Waals surface area contributed by atoms with Crippen molar-refractivity contribution in [1.82, 2.24) is 10.2 Å². The second-order valence-electron chi connectivity index (χ2n) is 4.49. The second-order valence-corrected chi connectivity index (χ2v) is 4.49. The maximum Gasteiger partial charge on any atom is 0.317 e. The Morgan fingerprint density at radius 1 is 1.50 bits per heavy atom. The highest BCUT2D eigenvalue weighted by molar-refractivity contribution is 5.75. The molecule has 1 unspecified atom stereocenters. The minimum Gasteiger partial charge on any atom is -0.481 e. The molecule has 1 saturated carbocycles. The average Bonchev–Trinajstić information content (AvgIpc) is 2.10. The van der Waals surface area contributed by atoms with Gasteiger partial charge in [-0.1, -0.05) is 6.42 Å². The maximum atomic E-state index is 11.6. The molecule has 0 saturated heterocycles. The Morgan fingerprint density at radius 3 is 2.56 bits per heavy atom. The summed E-state index contributed by atoms with van der Waals surface area (Å²) in [5.74, 6) is -0.288. The molecule has 0 radical (unpaired) electrons. The first-order valence-corrected chi connectivity index (χ1v) is 5.74. The van der Waals surface area contributed by atoms with Gasteiger partial charge in [-0.15, -0.1) is 0 Å². The molecule has 0 aromatic carbocycles. The summed E-state index contributed by atoms with van der Waals surface area (Å²) < 4.78 is 0. The summed E-state index contributed by atoms with van der Waals surface area (Å²) in [6.45, 7) is 2.26. The molecule has 2 N–H and O–H groups in total.